The van der Waals surface area contributed by atoms with E-state index in [0.717, 1.165) is 39.0 Å². The summed E-state index contributed by atoms with van der Waals surface area (Å²) in [6.45, 7) is 4.48. The molecule has 0 radical (unpaired) electrons. The quantitative estimate of drug-likeness (QED) is 0.764. The van der Waals surface area contributed by atoms with Crippen LogP contribution in [0.25, 0.3) is 0 Å². The second-order valence-corrected chi connectivity index (χ2v) is 6.38. The van der Waals surface area contributed by atoms with Gasteiger partial charge in [0.15, 0.2) is 0 Å². The van der Waals surface area contributed by atoms with Crippen molar-refractivity contribution >= 4 is 27.5 Å². The van der Waals surface area contributed by atoms with Crippen LogP contribution in [-0.2, 0) is 4.74 Å². The smallest absolute Gasteiger partial charge is 0.147 e. The number of halogens is 3. The molecule has 2 nitrogen and oxygen atoms in total. The third-order valence-corrected chi connectivity index (χ3v) is 5.01. The topological polar surface area (TPSA) is 21.3 Å². The van der Waals surface area contributed by atoms with Crippen LogP contribution in [0.3, 0.4) is 0 Å². The number of hydrogen-bond acceptors (Lipinski definition) is 2. The van der Waals surface area contributed by atoms with E-state index in [1.54, 1.807) is 0 Å². The summed E-state index contributed by atoms with van der Waals surface area (Å²) < 4.78 is 20.5. The van der Waals surface area contributed by atoms with Crippen molar-refractivity contribution in [3.8, 4) is 0 Å². The van der Waals surface area contributed by atoms with E-state index in [-0.39, 0.29) is 16.9 Å². The third-order valence-electron chi connectivity index (χ3n) is 3.75. The summed E-state index contributed by atoms with van der Waals surface area (Å²) in [7, 11) is 0. The summed E-state index contributed by atoms with van der Waals surface area (Å²) in [6.07, 6.45) is 2.93. The first-order valence-electron chi connectivity index (χ1n) is 7.09. The molecule has 0 saturated carbocycles. The molecule has 1 aliphatic rings. The van der Waals surface area contributed by atoms with Gasteiger partial charge in [0.05, 0.1) is 5.02 Å². The first-order chi connectivity index (χ1) is 9.65. The molecule has 112 valence electrons. The first kappa shape index (κ1) is 16.2. The maximum absolute atomic E-state index is 14.5. The van der Waals surface area contributed by atoms with Crippen molar-refractivity contribution in [3.05, 3.63) is 33.0 Å². The van der Waals surface area contributed by atoms with Crippen molar-refractivity contribution in [3.63, 3.8) is 0 Å². The van der Waals surface area contributed by atoms with Gasteiger partial charge in [-0.25, -0.2) is 4.39 Å². The van der Waals surface area contributed by atoms with Crippen LogP contribution in [0.1, 0.15) is 37.8 Å². The number of ether oxygens (including phenoxy) is 1. The van der Waals surface area contributed by atoms with Gasteiger partial charge in [-0.15, -0.1) is 0 Å². The molecule has 2 rings (SSSR count). The molecule has 5 heteroatoms. The molecule has 0 spiro atoms. The fourth-order valence-electron chi connectivity index (χ4n) is 2.66. The van der Waals surface area contributed by atoms with Gasteiger partial charge in [-0.05, 0) is 53.7 Å². The summed E-state index contributed by atoms with van der Waals surface area (Å²) in [6, 6.07) is 3.65. The minimum Gasteiger partial charge on any atom is -0.381 e. The average molecular weight is 365 g/mol. The van der Waals surface area contributed by atoms with Crippen LogP contribution in [0.15, 0.2) is 16.6 Å². The van der Waals surface area contributed by atoms with E-state index in [9.17, 15) is 4.39 Å². The van der Waals surface area contributed by atoms with Gasteiger partial charge in [0.2, 0.25) is 0 Å². The van der Waals surface area contributed by atoms with Crippen LogP contribution in [-0.4, -0.2) is 19.8 Å². The molecule has 1 atom stereocenters. The largest absolute Gasteiger partial charge is 0.381 e. The highest BCUT2D eigenvalue weighted by molar-refractivity contribution is 9.10. The second-order valence-electron chi connectivity index (χ2n) is 5.15. The Morgan fingerprint density at radius 3 is 2.80 bits per heavy atom. The van der Waals surface area contributed by atoms with Crippen LogP contribution in [0, 0.1) is 11.7 Å². The molecule has 1 fully saturated rings. The lowest BCUT2D eigenvalue weighted by atomic mass is 9.86. The number of hydrogen-bond donors (Lipinski definition) is 1. The summed E-state index contributed by atoms with van der Waals surface area (Å²) >= 11 is 9.29. The van der Waals surface area contributed by atoms with Crippen LogP contribution in [0.2, 0.25) is 5.02 Å². The Kier molecular flexibility index (Phi) is 6.27. The van der Waals surface area contributed by atoms with Crippen molar-refractivity contribution in [2.45, 2.75) is 32.2 Å². The molecule has 1 N–H and O–H groups in total. The maximum atomic E-state index is 14.5. The zero-order valence-electron chi connectivity index (χ0n) is 11.6. The Hall–Kier alpha value is -0.160. The van der Waals surface area contributed by atoms with Crippen molar-refractivity contribution in [1.82, 2.24) is 5.32 Å². The molecular weight excluding hydrogens is 345 g/mol. The minimum atomic E-state index is -0.318. The molecule has 1 aromatic rings. The summed E-state index contributed by atoms with van der Waals surface area (Å²) in [5.74, 6) is 0.0724. The Morgan fingerprint density at radius 2 is 2.15 bits per heavy atom. The highest BCUT2D eigenvalue weighted by atomic mass is 79.9. The van der Waals surface area contributed by atoms with E-state index in [1.807, 2.05) is 12.1 Å². The Morgan fingerprint density at radius 1 is 1.45 bits per heavy atom. The molecule has 0 aromatic heterocycles. The molecule has 1 aliphatic heterocycles. The maximum Gasteiger partial charge on any atom is 0.147 e. The Balaban J connectivity index is 2.27. The van der Waals surface area contributed by atoms with Gasteiger partial charge in [-0.2, -0.15) is 0 Å². The lowest BCUT2D eigenvalue weighted by Crippen LogP contribution is -2.33. The molecule has 0 aliphatic carbocycles. The summed E-state index contributed by atoms with van der Waals surface area (Å²) in [5.41, 5.74) is 0.665. The number of nitrogens with one attached hydrogen (secondary N) is 1. The monoisotopic (exact) mass is 363 g/mol. The van der Waals surface area contributed by atoms with E-state index < -0.39 is 0 Å². The van der Waals surface area contributed by atoms with E-state index in [2.05, 4.69) is 28.2 Å². The van der Waals surface area contributed by atoms with Crippen molar-refractivity contribution in [2.75, 3.05) is 19.8 Å². The van der Waals surface area contributed by atoms with Gasteiger partial charge in [-0.1, -0.05) is 24.6 Å². The summed E-state index contributed by atoms with van der Waals surface area (Å²) in [4.78, 5) is 0. The van der Waals surface area contributed by atoms with Gasteiger partial charge >= 0.3 is 0 Å². The van der Waals surface area contributed by atoms with Crippen LogP contribution < -0.4 is 5.32 Å². The fraction of sp³-hybridized carbons (Fsp3) is 0.600. The van der Waals surface area contributed by atoms with E-state index in [4.69, 9.17) is 16.3 Å². The Bertz CT molecular complexity index is 452. The zero-order valence-corrected chi connectivity index (χ0v) is 13.9. The lowest BCUT2D eigenvalue weighted by Gasteiger charge is -2.32. The Labute approximate surface area is 133 Å². The third kappa shape index (κ3) is 3.73. The molecule has 0 bridgehead atoms. The van der Waals surface area contributed by atoms with E-state index in [0.29, 0.717) is 16.0 Å². The predicted octanol–water partition coefficient (Wildman–Crippen LogP) is 4.71. The predicted molar refractivity (Wildman–Crippen MR) is 83.7 cm³/mol. The highest BCUT2D eigenvalue weighted by Crippen LogP contribution is 2.36. The van der Waals surface area contributed by atoms with E-state index in [1.165, 1.54) is 0 Å². The van der Waals surface area contributed by atoms with E-state index >= 15 is 0 Å². The first-order valence-corrected chi connectivity index (χ1v) is 8.26. The number of rotatable bonds is 5. The fourth-order valence-corrected chi connectivity index (χ4v) is 3.14. The lowest BCUT2D eigenvalue weighted by molar-refractivity contribution is 0.0531. The van der Waals surface area contributed by atoms with Crippen molar-refractivity contribution in [2.24, 2.45) is 5.92 Å². The standard InChI is InChI=1S/C15H20BrClFNO/c1-2-7-19-15(10-5-8-20-9-6-10)11-3-4-12(16)13(17)14(11)18/h3-4,10,15,19H,2,5-9H2,1H3. The van der Waals surface area contributed by atoms with Gasteiger partial charge in [0.1, 0.15) is 5.82 Å². The average Bonchev–Trinajstić information content (AvgIpc) is 2.48. The zero-order chi connectivity index (χ0) is 14.5. The van der Waals surface area contributed by atoms with Gasteiger partial charge in [0.25, 0.3) is 0 Å². The highest BCUT2D eigenvalue weighted by Gasteiger charge is 2.28. The van der Waals surface area contributed by atoms with Crippen LogP contribution in [0.5, 0.6) is 0 Å². The minimum absolute atomic E-state index is 0.00412. The van der Waals surface area contributed by atoms with Gasteiger partial charge in [0, 0.05) is 29.3 Å². The SMILES string of the molecule is CCCNC(c1ccc(Br)c(Cl)c1F)C1CCOCC1. The van der Waals surface area contributed by atoms with Crippen molar-refractivity contribution in [1.29, 1.82) is 0 Å². The number of benzene rings is 1. The molecule has 0 amide bonds. The van der Waals surface area contributed by atoms with Gasteiger partial charge in [-0.3, -0.25) is 0 Å². The summed E-state index contributed by atoms with van der Waals surface area (Å²) in [5, 5.41) is 3.64. The molecule has 1 heterocycles. The normalized spacial score (nSPS) is 18.2. The van der Waals surface area contributed by atoms with Crippen LogP contribution in [0.4, 0.5) is 4.39 Å². The second kappa shape index (κ2) is 7.74. The molecule has 1 aromatic carbocycles. The molecule has 1 unspecified atom stereocenters. The molecule has 1 saturated heterocycles. The van der Waals surface area contributed by atoms with Crippen molar-refractivity contribution < 1.29 is 9.13 Å². The van der Waals surface area contributed by atoms with Crippen LogP contribution >= 0.6 is 27.5 Å². The van der Waals surface area contributed by atoms with Gasteiger partial charge < -0.3 is 10.1 Å². The molecule has 20 heavy (non-hydrogen) atoms. The molecular formula is C15H20BrClFNO.